The van der Waals surface area contributed by atoms with E-state index in [0.29, 0.717) is 11.4 Å². The Labute approximate surface area is 189 Å². The van der Waals surface area contributed by atoms with Crippen LogP contribution >= 0.6 is 12.2 Å². The molecule has 0 saturated carbocycles. The average Bonchev–Trinajstić information content (AvgIpc) is 3.25. The van der Waals surface area contributed by atoms with Crippen LogP contribution in [-0.4, -0.2) is 21.9 Å². The highest BCUT2D eigenvalue weighted by Crippen LogP contribution is 2.30. The van der Waals surface area contributed by atoms with Crippen molar-refractivity contribution in [3.8, 4) is 11.3 Å². The van der Waals surface area contributed by atoms with Gasteiger partial charge in [-0.2, -0.15) is 0 Å². The number of para-hydroxylation sites is 1. The predicted octanol–water partition coefficient (Wildman–Crippen LogP) is 4.58. The molecule has 0 bridgehead atoms. The van der Waals surface area contributed by atoms with Crippen molar-refractivity contribution in [3.05, 3.63) is 76.5 Å². The molecule has 1 aromatic heterocycles. The van der Waals surface area contributed by atoms with E-state index >= 15 is 0 Å². The number of nitrogens with zero attached hydrogens (tertiary/aromatic N) is 1. The van der Waals surface area contributed by atoms with Gasteiger partial charge < -0.3 is 15.1 Å². The monoisotopic (exact) mass is 452 g/mol. The number of anilines is 2. The van der Waals surface area contributed by atoms with E-state index in [1.807, 2.05) is 0 Å². The zero-order chi connectivity index (χ0) is 23.3. The topological polar surface area (TPSA) is 127 Å². The van der Waals surface area contributed by atoms with Crippen LogP contribution in [0, 0.1) is 16.0 Å². The molecule has 2 amide bonds. The van der Waals surface area contributed by atoms with Crippen molar-refractivity contribution in [3.63, 3.8) is 0 Å². The van der Waals surface area contributed by atoms with E-state index in [-0.39, 0.29) is 39.7 Å². The van der Waals surface area contributed by atoms with Crippen LogP contribution in [-0.2, 0) is 4.79 Å². The highest BCUT2D eigenvalue weighted by molar-refractivity contribution is 7.80. The SMILES string of the molecule is CC(C)C(=O)Nc1ccc(NC(=S)NC(=O)c2ccc(-c3ccccc3[N+](=O)[O-])o2)cc1. The maximum atomic E-state index is 12.4. The predicted molar refractivity (Wildman–Crippen MR) is 124 cm³/mol. The van der Waals surface area contributed by atoms with Gasteiger partial charge in [-0.3, -0.25) is 25.0 Å². The van der Waals surface area contributed by atoms with Crippen LogP contribution in [0.15, 0.2) is 65.1 Å². The molecule has 0 saturated heterocycles. The lowest BCUT2D eigenvalue weighted by Gasteiger charge is -2.11. The lowest BCUT2D eigenvalue weighted by Crippen LogP contribution is -2.33. The molecule has 3 N–H and O–H groups in total. The van der Waals surface area contributed by atoms with Crippen LogP contribution in [0.4, 0.5) is 17.1 Å². The molecule has 0 aliphatic rings. The highest BCUT2D eigenvalue weighted by Gasteiger charge is 2.19. The lowest BCUT2D eigenvalue weighted by molar-refractivity contribution is -0.384. The van der Waals surface area contributed by atoms with Gasteiger partial charge in [-0.15, -0.1) is 0 Å². The summed E-state index contributed by atoms with van der Waals surface area (Å²) in [4.78, 5) is 34.9. The van der Waals surface area contributed by atoms with Crippen LogP contribution in [0.3, 0.4) is 0 Å². The summed E-state index contributed by atoms with van der Waals surface area (Å²) in [6.07, 6.45) is 0. The molecule has 0 atom stereocenters. The van der Waals surface area contributed by atoms with Crippen molar-refractivity contribution in [2.24, 2.45) is 5.92 Å². The van der Waals surface area contributed by atoms with Gasteiger partial charge in [0.2, 0.25) is 5.91 Å². The van der Waals surface area contributed by atoms with Gasteiger partial charge in [0.05, 0.1) is 10.5 Å². The second kappa shape index (κ2) is 9.84. The molecule has 10 heteroatoms. The van der Waals surface area contributed by atoms with Crippen LogP contribution in [0.25, 0.3) is 11.3 Å². The third kappa shape index (κ3) is 5.55. The highest BCUT2D eigenvalue weighted by atomic mass is 32.1. The van der Waals surface area contributed by atoms with Crippen molar-refractivity contribution >= 4 is 46.2 Å². The van der Waals surface area contributed by atoms with Crippen LogP contribution in [0.2, 0.25) is 0 Å². The first-order chi connectivity index (χ1) is 15.2. The van der Waals surface area contributed by atoms with E-state index in [4.69, 9.17) is 16.6 Å². The molecule has 0 aliphatic carbocycles. The largest absolute Gasteiger partial charge is 0.451 e. The van der Waals surface area contributed by atoms with Crippen molar-refractivity contribution in [1.29, 1.82) is 0 Å². The van der Waals surface area contributed by atoms with Crippen molar-refractivity contribution < 1.29 is 18.9 Å². The lowest BCUT2D eigenvalue weighted by atomic mass is 10.1. The summed E-state index contributed by atoms with van der Waals surface area (Å²) in [5.41, 5.74) is 1.39. The zero-order valence-electron chi connectivity index (χ0n) is 17.2. The summed E-state index contributed by atoms with van der Waals surface area (Å²) in [6, 6.07) is 15.8. The molecule has 32 heavy (non-hydrogen) atoms. The van der Waals surface area contributed by atoms with Crippen LogP contribution < -0.4 is 16.0 Å². The summed E-state index contributed by atoms with van der Waals surface area (Å²) in [5.74, 6) is -0.680. The number of hydrogen-bond acceptors (Lipinski definition) is 6. The summed E-state index contributed by atoms with van der Waals surface area (Å²) in [5, 5.41) is 19.4. The molecule has 0 spiro atoms. The van der Waals surface area contributed by atoms with Crippen molar-refractivity contribution in [1.82, 2.24) is 5.32 Å². The van der Waals surface area contributed by atoms with Gasteiger partial charge in [-0.1, -0.05) is 26.0 Å². The van der Waals surface area contributed by atoms with Gasteiger partial charge >= 0.3 is 0 Å². The second-order valence-electron chi connectivity index (χ2n) is 7.07. The molecule has 0 unspecified atom stereocenters. The average molecular weight is 452 g/mol. The Bertz CT molecular complexity index is 1170. The molecule has 164 valence electrons. The fourth-order valence-electron chi connectivity index (χ4n) is 2.70. The molecule has 3 aromatic rings. The molecule has 2 aromatic carbocycles. The van der Waals surface area contributed by atoms with Gasteiger partial charge in [-0.05, 0) is 54.7 Å². The fourth-order valence-corrected chi connectivity index (χ4v) is 2.91. The number of benzene rings is 2. The number of amides is 2. The molecule has 0 fully saturated rings. The fraction of sp³-hybridized carbons (Fsp3) is 0.136. The van der Waals surface area contributed by atoms with E-state index in [2.05, 4.69) is 16.0 Å². The molecular formula is C22H20N4O5S. The number of nitro groups is 1. The Balaban J connectivity index is 1.62. The number of nitrogens with one attached hydrogen (secondary N) is 3. The molecule has 3 rings (SSSR count). The summed E-state index contributed by atoms with van der Waals surface area (Å²) < 4.78 is 5.50. The minimum Gasteiger partial charge on any atom is -0.451 e. The summed E-state index contributed by atoms with van der Waals surface area (Å²) >= 11 is 5.16. The standard InChI is InChI=1S/C22H20N4O5S/c1-13(2)20(27)23-14-7-9-15(10-8-14)24-22(32)25-21(28)19-12-11-18(31-19)16-5-3-4-6-17(16)26(29)30/h3-13H,1-2H3,(H,23,27)(H2,24,25,28,32). The van der Waals surface area contributed by atoms with Crippen LogP contribution in [0.5, 0.6) is 0 Å². The Morgan fingerprint density at radius 1 is 0.969 bits per heavy atom. The third-order valence-corrected chi connectivity index (χ3v) is 4.56. The molecule has 0 aliphatic heterocycles. The third-order valence-electron chi connectivity index (χ3n) is 4.36. The number of carbonyl (C=O) groups excluding carboxylic acids is 2. The first-order valence-electron chi connectivity index (χ1n) is 9.61. The molecule has 0 radical (unpaired) electrons. The normalized spacial score (nSPS) is 10.5. The summed E-state index contributed by atoms with van der Waals surface area (Å²) in [6.45, 7) is 3.60. The first kappa shape index (κ1) is 22.6. The Morgan fingerprint density at radius 3 is 2.22 bits per heavy atom. The smallest absolute Gasteiger partial charge is 0.293 e. The van der Waals surface area contributed by atoms with Crippen LogP contribution in [0.1, 0.15) is 24.4 Å². The Kier molecular flexibility index (Phi) is 6.96. The second-order valence-corrected chi connectivity index (χ2v) is 7.48. The first-order valence-corrected chi connectivity index (χ1v) is 10.0. The Morgan fingerprint density at radius 2 is 1.59 bits per heavy atom. The van der Waals surface area contributed by atoms with Gasteiger partial charge in [0.15, 0.2) is 10.9 Å². The number of hydrogen-bond donors (Lipinski definition) is 3. The number of thiocarbonyl (C=S) groups is 1. The number of rotatable bonds is 6. The van der Waals surface area contributed by atoms with Gasteiger partial charge in [0.1, 0.15) is 5.76 Å². The van der Waals surface area contributed by atoms with Gasteiger partial charge in [0, 0.05) is 23.4 Å². The van der Waals surface area contributed by atoms with E-state index in [1.165, 1.54) is 24.3 Å². The zero-order valence-corrected chi connectivity index (χ0v) is 18.1. The van der Waals surface area contributed by atoms with E-state index in [0.717, 1.165) is 0 Å². The maximum Gasteiger partial charge on any atom is 0.293 e. The van der Waals surface area contributed by atoms with Gasteiger partial charge in [-0.25, -0.2) is 0 Å². The minimum absolute atomic E-state index is 0.0395. The Hall–Kier alpha value is -4.05. The quantitative estimate of drug-likeness (QED) is 0.284. The maximum absolute atomic E-state index is 12.4. The van der Waals surface area contributed by atoms with E-state index in [9.17, 15) is 19.7 Å². The van der Waals surface area contributed by atoms with Crippen molar-refractivity contribution in [2.45, 2.75) is 13.8 Å². The van der Waals surface area contributed by atoms with E-state index in [1.54, 1.807) is 50.2 Å². The molecular weight excluding hydrogens is 432 g/mol. The van der Waals surface area contributed by atoms with Crippen molar-refractivity contribution in [2.75, 3.05) is 10.6 Å². The molecule has 9 nitrogen and oxygen atoms in total. The number of carbonyl (C=O) groups is 2. The minimum atomic E-state index is -0.604. The summed E-state index contributed by atoms with van der Waals surface area (Å²) in [7, 11) is 0. The number of furan rings is 1. The molecule has 1 heterocycles. The van der Waals surface area contributed by atoms with E-state index < -0.39 is 10.8 Å². The number of nitro benzene ring substituents is 1. The van der Waals surface area contributed by atoms with Gasteiger partial charge in [0.25, 0.3) is 11.6 Å².